The van der Waals surface area contributed by atoms with Crippen molar-refractivity contribution >= 4 is 16.8 Å². The lowest BCUT2D eigenvalue weighted by Crippen LogP contribution is -2.42. The summed E-state index contributed by atoms with van der Waals surface area (Å²) >= 11 is 0. The van der Waals surface area contributed by atoms with E-state index < -0.39 is 17.2 Å². The molecule has 0 radical (unpaired) electrons. The van der Waals surface area contributed by atoms with Crippen LogP contribution in [0.3, 0.4) is 0 Å². The molecule has 0 aliphatic carbocycles. The first kappa shape index (κ1) is 19.2. The van der Waals surface area contributed by atoms with Gasteiger partial charge in [0.25, 0.3) is 5.56 Å². The molecule has 2 N–H and O–H groups in total. The van der Waals surface area contributed by atoms with Crippen LogP contribution >= 0.6 is 0 Å². The second-order valence-electron chi connectivity index (χ2n) is 6.25. The average molecular weight is 383 g/mol. The summed E-state index contributed by atoms with van der Waals surface area (Å²) in [7, 11) is 2.90. The molecule has 3 rings (SSSR count). The first-order chi connectivity index (χ1) is 13.5. The van der Waals surface area contributed by atoms with Gasteiger partial charge in [-0.25, -0.2) is 4.79 Å². The molecule has 1 heterocycles. The number of rotatable bonds is 7. The molecule has 1 amide bonds. The Morgan fingerprint density at radius 2 is 1.64 bits per heavy atom. The number of benzene rings is 2. The van der Waals surface area contributed by atoms with Gasteiger partial charge in [-0.2, -0.15) is 0 Å². The number of hydrogen-bond donors (Lipinski definition) is 1. The Labute approximate surface area is 160 Å². The minimum absolute atomic E-state index is 0.171. The number of carbonyl (C=O) groups excluding carboxylic acids is 1. The summed E-state index contributed by atoms with van der Waals surface area (Å²) in [6, 6.07) is 12.5. The number of methoxy groups -OCH3 is 2. The van der Waals surface area contributed by atoms with Crippen LogP contribution in [-0.2, 0) is 24.3 Å². The molecule has 3 aromatic rings. The van der Waals surface area contributed by atoms with E-state index in [1.54, 1.807) is 0 Å². The lowest BCUT2D eigenvalue weighted by atomic mass is 10.1. The number of ether oxygens (including phenoxy) is 2. The maximum atomic E-state index is 13.0. The van der Waals surface area contributed by atoms with Crippen LogP contribution in [0.25, 0.3) is 10.9 Å². The molecule has 0 atom stereocenters. The van der Waals surface area contributed by atoms with Crippen molar-refractivity contribution in [1.29, 1.82) is 0 Å². The van der Waals surface area contributed by atoms with Gasteiger partial charge in [0.2, 0.25) is 5.91 Å². The molecule has 0 unspecified atom stereocenters. The molecule has 2 aromatic carbocycles. The molecular formula is C20H21N3O5. The van der Waals surface area contributed by atoms with Crippen molar-refractivity contribution in [1.82, 2.24) is 9.13 Å². The monoisotopic (exact) mass is 383 g/mol. The van der Waals surface area contributed by atoms with Gasteiger partial charge in [0.1, 0.15) is 6.54 Å². The molecule has 0 spiro atoms. The Hall–Kier alpha value is -3.55. The van der Waals surface area contributed by atoms with Crippen LogP contribution in [0.1, 0.15) is 5.56 Å². The van der Waals surface area contributed by atoms with E-state index in [4.69, 9.17) is 15.2 Å². The fourth-order valence-corrected chi connectivity index (χ4v) is 3.14. The van der Waals surface area contributed by atoms with Gasteiger partial charge >= 0.3 is 5.69 Å². The number of hydrogen-bond acceptors (Lipinski definition) is 5. The molecule has 0 aliphatic rings. The van der Waals surface area contributed by atoms with Gasteiger partial charge in [0.05, 0.1) is 25.1 Å². The predicted molar refractivity (Wildman–Crippen MR) is 105 cm³/mol. The lowest BCUT2D eigenvalue weighted by molar-refractivity contribution is -0.118. The molecule has 8 heteroatoms. The predicted octanol–water partition coefficient (Wildman–Crippen LogP) is 0.908. The zero-order valence-corrected chi connectivity index (χ0v) is 15.7. The van der Waals surface area contributed by atoms with Crippen molar-refractivity contribution in [2.45, 2.75) is 19.5 Å². The molecule has 0 bridgehead atoms. The van der Waals surface area contributed by atoms with Gasteiger partial charge in [-0.1, -0.05) is 30.3 Å². The van der Waals surface area contributed by atoms with E-state index in [1.165, 1.54) is 30.9 Å². The van der Waals surface area contributed by atoms with E-state index in [-0.39, 0.29) is 24.0 Å². The summed E-state index contributed by atoms with van der Waals surface area (Å²) in [5.41, 5.74) is 5.52. The standard InChI is InChI=1S/C20H21N3O5/c1-27-16-10-14-15(11-17(16)28-2)23(12-18(21)24)20(26)22(19(14)25)9-8-13-6-4-3-5-7-13/h3-7,10-11H,8-9,12H2,1-2H3,(H2,21,24). The number of aryl methyl sites for hydroxylation is 1. The molecule has 0 fully saturated rings. The van der Waals surface area contributed by atoms with Crippen LogP contribution in [0.15, 0.2) is 52.1 Å². The molecule has 8 nitrogen and oxygen atoms in total. The van der Waals surface area contributed by atoms with E-state index in [1.807, 2.05) is 30.3 Å². The maximum Gasteiger partial charge on any atom is 0.331 e. The second kappa shape index (κ2) is 7.99. The van der Waals surface area contributed by atoms with E-state index in [2.05, 4.69) is 0 Å². The third kappa shape index (κ3) is 3.62. The summed E-state index contributed by atoms with van der Waals surface area (Å²) in [6.07, 6.45) is 0.491. The molecular weight excluding hydrogens is 362 g/mol. The zero-order valence-electron chi connectivity index (χ0n) is 15.7. The topological polar surface area (TPSA) is 106 Å². The van der Waals surface area contributed by atoms with Crippen LogP contribution < -0.4 is 26.5 Å². The van der Waals surface area contributed by atoms with Crippen LogP contribution in [0.4, 0.5) is 0 Å². The van der Waals surface area contributed by atoms with Crippen molar-refractivity contribution < 1.29 is 14.3 Å². The first-order valence-electron chi connectivity index (χ1n) is 8.68. The van der Waals surface area contributed by atoms with Crippen molar-refractivity contribution in [2.24, 2.45) is 5.73 Å². The number of nitrogens with two attached hydrogens (primary N) is 1. The molecule has 28 heavy (non-hydrogen) atoms. The number of carbonyl (C=O) groups is 1. The highest BCUT2D eigenvalue weighted by Gasteiger charge is 2.18. The summed E-state index contributed by atoms with van der Waals surface area (Å²) in [5.74, 6) is 0.00600. The van der Waals surface area contributed by atoms with Gasteiger partial charge in [-0.15, -0.1) is 0 Å². The molecule has 146 valence electrons. The van der Waals surface area contributed by atoms with Crippen LogP contribution in [-0.4, -0.2) is 29.3 Å². The van der Waals surface area contributed by atoms with Crippen molar-refractivity contribution in [3.8, 4) is 11.5 Å². The van der Waals surface area contributed by atoms with Gasteiger partial charge < -0.3 is 15.2 Å². The minimum atomic E-state index is -0.688. The number of amides is 1. The highest BCUT2D eigenvalue weighted by molar-refractivity contribution is 5.84. The molecule has 0 aliphatic heterocycles. The van der Waals surface area contributed by atoms with Crippen LogP contribution in [0.2, 0.25) is 0 Å². The first-order valence-corrected chi connectivity index (χ1v) is 8.68. The largest absolute Gasteiger partial charge is 0.493 e. The number of primary amides is 1. The molecule has 1 aromatic heterocycles. The Balaban J connectivity index is 2.22. The second-order valence-corrected chi connectivity index (χ2v) is 6.25. The average Bonchev–Trinajstić information content (AvgIpc) is 2.70. The third-order valence-electron chi connectivity index (χ3n) is 4.51. The third-order valence-corrected chi connectivity index (χ3v) is 4.51. The van der Waals surface area contributed by atoms with E-state index in [0.717, 1.165) is 10.1 Å². The highest BCUT2D eigenvalue weighted by atomic mass is 16.5. The van der Waals surface area contributed by atoms with Crippen molar-refractivity contribution in [3.63, 3.8) is 0 Å². The number of nitrogens with zero attached hydrogens (tertiary/aromatic N) is 2. The van der Waals surface area contributed by atoms with Gasteiger partial charge in [-0.05, 0) is 18.1 Å². The smallest absolute Gasteiger partial charge is 0.331 e. The van der Waals surface area contributed by atoms with E-state index in [9.17, 15) is 14.4 Å². The summed E-state index contributed by atoms with van der Waals surface area (Å²) in [5, 5.41) is 0.242. The number of fused-ring (bicyclic) bond motifs is 1. The fraction of sp³-hybridized carbons (Fsp3) is 0.250. The highest BCUT2D eigenvalue weighted by Crippen LogP contribution is 2.30. The van der Waals surface area contributed by atoms with Crippen LogP contribution in [0, 0.1) is 0 Å². The van der Waals surface area contributed by atoms with Crippen LogP contribution in [0.5, 0.6) is 11.5 Å². The summed E-state index contributed by atoms with van der Waals surface area (Å²) in [6.45, 7) is -0.179. The normalized spacial score (nSPS) is 10.8. The Bertz CT molecular complexity index is 1130. The van der Waals surface area contributed by atoms with Gasteiger partial charge in [-0.3, -0.25) is 18.7 Å². The SMILES string of the molecule is COc1cc2c(=O)n(CCc3ccccc3)c(=O)n(CC(N)=O)c2cc1OC. The van der Waals surface area contributed by atoms with E-state index >= 15 is 0 Å². The minimum Gasteiger partial charge on any atom is -0.493 e. The summed E-state index contributed by atoms with van der Waals surface area (Å²) < 4.78 is 12.8. The molecule has 0 saturated heterocycles. The lowest BCUT2D eigenvalue weighted by Gasteiger charge is -2.15. The quantitative estimate of drug-likeness (QED) is 0.653. The Morgan fingerprint density at radius 3 is 2.25 bits per heavy atom. The van der Waals surface area contributed by atoms with Gasteiger partial charge in [0.15, 0.2) is 11.5 Å². The Morgan fingerprint density at radius 1 is 1.00 bits per heavy atom. The van der Waals surface area contributed by atoms with Crippen molar-refractivity contribution in [3.05, 3.63) is 68.9 Å². The maximum absolute atomic E-state index is 13.0. The zero-order chi connectivity index (χ0) is 20.3. The Kier molecular flexibility index (Phi) is 5.49. The summed E-state index contributed by atoms with van der Waals surface area (Å²) in [4.78, 5) is 37.5. The fourth-order valence-electron chi connectivity index (χ4n) is 3.14. The van der Waals surface area contributed by atoms with E-state index in [0.29, 0.717) is 17.9 Å². The number of aromatic nitrogens is 2. The van der Waals surface area contributed by atoms with Crippen molar-refractivity contribution in [2.75, 3.05) is 14.2 Å². The molecule has 0 saturated carbocycles. The van der Waals surface area contributed by atoms with Gasteiger partial charge in [0, 0.05) is 12.6 Å².